The van der Waals surface area contributed by atoms with Crippen molar-refractivity contribution in [1.29, 1.82) is 0 Å². The lowest BCUT2D eigenvalue weighted by atomic mass is 9.97. The minimum Gasteiger partial charge on any atom is -0.353 e. The van der Waals surface area contributed by atoms with Gasteiger partial charge >= 0.3 is 0 Å². The SMILES string of the molecule is O=C(NC1CCCC1)C1CCN(S(=O)(=O)Cc2ccccc2Cl)CC1. The summed E-state index contributed by atoms with van der Waals surface area (Å²) in [7, 11) is -3.41. The van der Waals surface area contributed by atoms with Gasteiger partial charge in [-0.1, -0.05) is 42.6 Å². The van der Waals surface area contributed by atoms with Crippen LogP contribution >= 0.6 is 11.6 Å². The Morgan fingerprint density at radius 2 is 1.76 bits per heavy atom. The fraction of sp³-hybridized carbons (Fsp3) is 0.611. The van der Waals surface area contributed by atoms with Crippen molar-refractivity contribution >= 4 is 27.5 Å². The average Bonchev–Trinajstić information content (AvgIpc) is 3.10. The summed E-state index contributed by atoms with van der Waals surface area (Å²) in [6.07, 6.45) is 5.67. The van der Waals surface area contributed by atoms with Crippen LogP contribution in [0.25, 0.3) is 0 Å². The first-order chi connectivity index (χ1) is 12.0. The van der Waals surface area contributed by atoms with E-state index >= 15 is 0 Å². The van der Waals surface area contributed by atoms with Crippen LogP contribution in [0.2, 0.25) is 5.02 Å². The van der Waals surface area contributed by atoms with Crippen LogP contribution in [0, 0.1) is 5.92 Å². The summed E-state index contributed by atoms with van der Waals surface area (Å²) < 4.78 is 26.8. The van der Waals surface area contributed by atoms with Crippen molar-refractivity contribution in [1.82, 2.24) is 9.62 Å². The second-order valence-corrected chi connectivity index (χ2v) is 9.39. The zero-order chi connectivity index (χ0) is 17.9. The van der Waals surface area contributed by atoms with Gasteiger partial charge in [0, 0.05) is 30.1 Å². The lowest BCUT2D eigenvalue weighted by molar-refractivity contribution is -0.126. The van der Waals surface area contributed by atoms with Gasteiger partial charge in [-0.15, -0.1) is 0 Å². The van der Waals surface area contributed by atoms with Gasteiger partial charge in [0.25, 0.3) is 0 Å². The Hall–Kier alpha value is -1.11. The molecule has 138 valence electrons. The topological polar surface area (TPSA) is 66.5 Å². The molecular formula is C18H25ClN2O3S. The van der Waals surface area contributed by atoms with Crippen molar-refractivity contribution in [3.63, 3.8) is 0 Å². The Labute approximate surface area is 154 Å². The molecular weight excluding hydrogens is 360 g/mol. The third-order valence-corrected chi connectivity index (χ3v) is 7.41. The number of hydrogen-bond acceptors (Lipinski definition) is 3. The van der Waals surface area contributed by atoms with E-state index in [1.165, 1.54) is 17.1 Å². The van der Waals surface area contributed by atoms with E-state index in [2.05, 4.69) is 5.32 Å². The summed E-state index contributed by atoms with van der Waals surface area (Å²) in [6, 6.07) is 7.33. The Balaban J connectivity index is 1.54. The smallest absolute Gasteiger partial charge is 0.223 e. The van der Waals surface area contributed by atoms with Crippen molar-refractivity contribution in [3.8, 4) is 0 Å². The first-order valence-corrected chi connectivity index (χ1v) is 11.0. The maximum Gasteiger partial charge on any atom is 0.223 e. The van der Waals surface area contributed by atoms with Crippen molar-refractivity contribution < 1.29 is 13.2 Å². The number of sulfonamides is 1. The molecule has 25 heavy (non-hydrogen) atoms. The van der Waals surface area contributed by atoms with E-state index in [0.29, 0.717) is 42.6 Å². The molecule has 0 atom stereocenters. The van der Waals surface area contributed by atoms with E-state index in [0.717, 1.165) is 12.8 Å². The van der Waals surface area contributed by atoms with Crippen molar-refractivity contribution in [3.05, 3.63) is 34.9 Å². The number of nitrogens with one attached hydrogen (secondary N) is 1. The van der Waals surface area contributed by atoms with Crippen LogP contribution in [-0.4, -0.2) is 37.8 Å². The van der Waals surface area contributed by atoms with Gasteiger partial charge in [-0.3, -0.25) is 4.79 Å². The normalized spacial score (nSPS) is 20.7. The van der Waals surface area contributed by atoms with Crippen molar-refractivity contribution in [2.75, 3.05) is 13.1 Å². The van der Waals surface area contributed by atoms with E-state index in [-0.39, 0.29) is 17.6 Å². The van der Waals surface area contributed by atoms with Crippen LogP contribution in [0.1, 0.15) is 44.1 Å². The van der Waals surface area contributed by atoms with Gasteiger partial charge in [0.05, 0.1) is 5.75 Å². The molecule has 1 aromatic carbocycles. The van der Waals surface area contributed by atoms with Crippen LogP contribution in [-0.2, 0) is 20.6 Å². The molecule has 1 saturated carbocycles. The summed E-state index contributed by atoms with van der Waals surface area (Å²) in [5.74, 6) is -0.0755. The van der Waals surface area contributed by atoms with Crippen LogP contribution in [0.15, 0.2) is 24.3 Å². The number of halogens is 1. The Morgan fingerprint density at radius 1 is 1.12 bits per heavy atom. The van der Waals surface area contributed by atoms with Gasteiger partial charge < -0.3 is 5.32 Å². The predicted molar refractivity (Wildman–Crippen MR) is 98.8 cm³/mol. The van der Waals surface area contributed by atoms with Gasteiger partial charge in [0.1, 0.15) is 0 Å². The number of amides is 1. The molecule has 2 fully saturated rings. The van der Waals surface area contributed by atoms with Gasteiger partial charge in [0.2, 0.25) is 15.9 Å². The molecule has 1 aliphatic heterocycles. The summed E-state index contributed by atoms with van der Waals surface area (Å²) in [5.41, 5.74) is 0.616. The molecule has 1 amide bonds. The molecule has 7 heteroatoms. The molecule has 5 nitrogen and oxygen atoms in total. The fourth-order valence-electron chi connectivity index (χ4n) is 3.69. The summed E-state index contributed by atoms with van der Waals surface area (Å²) in [4.78, 5) is 12.3. The zero-order valence-electron chi connectivity index (χ0n) is 14.3. The number of rotatable bonds is 5. The van der Waals surface area contributed by atoms with E-state index in [9.17, 15) is 13.2 Å². The van der Waals surface area contributed by atoms with Crippen LogP contribution in [0.5, 0.6) is 0 Å². The first kappa shape index (κ1) is 18.7. The molecule has 2 aliphatic rings. The predicted octanol–water partition coefficient (Wildman–Crippen LogP) is 2.94. The lowest BCUT2D eigenvalue weighted by Crippen LogP contribution is -2.45. The molecule has 0 aromatic heterocycles. The highest BCUT2D eigenvalue weighted by Crippen LogP contribution is 2.25. The summed E-state index contributed by atoms with van der Waals surface area (Å²) in [5, 5.41) is 3.59. The minimum atomic E-state index is -3.41. The van der Waals surface area contributed by atoms with Crippen molar-refractivity contribution in [2.45, 2.75) is 50.3 Å². The van der Waals surface area contributed by atoms with Crippen LogP contribution in [0.3, 0.4) is 0 Å². The average molecular weight is 385 g/mol. The third-order valence-electron chi connectivity index (χ3n) is 5.22. The number of carbonyl (C=O) groups is 1. The third kappa shape index (κ3) is 4.74. The highest BCUT2D eigenvalue weighted by Gasteiger charge is 2.32. The molecule has 1 saturated heterocycles. The lowest BCUT2D eigenvalue weighted by Gasteiger charge is -2.31. The second-order valence-electron chi connectivity index (χ2n) is 7.01. The summed E-state index contributed by atoms with van der Waals surface area (Å²) >= 11 is 6.08. The molecule has 1 heterocycles. The molecule has 0 bridgehead atoms. The van der Waals surface area contributed by atoms with E-state index in [1.54, 1.807) is 24.3 Å². The number of carbonyl (C=O) groups excluding carboxylic acids is 1. The Kier molecular flexibility index (Phi) is 6.02. The van der Waals surface area contributed by atoms with Gasteiger partial charge in [-0.2, -0.15) is 0 Å². The molecule has 1 aliphatic carbocycles. The maximum absolute atomic E-state index is 12.6. The number of benzene rings is 1. The first-order valence-electron chi connectivity index (χ1n) is 8.97. The highest BCUT2D eigenvalue weighted by atomic mass is 35.5. The molecule has 0 spiro atoms. The molecule has 0 radical (unpaired) electrons. The second kappa shape index (κ2) is 8.06. The quantitative estimate of drug-likeness (QED) is 0.848. The fourth-order valence-corrected chi connectivity index (χ4v) is 5.56. The number of nitrogens with zero attached hydrogens (tertiary/aromatic N) is 1. The van der Waals surface area contributed by atoms with Gasteiger partial charge in [0.15, 0.2) is 0 Å². The highest BCUT2D eigenvalue weighted by molar-refractivity contribution is 7.88. The standard InChI is InChI=1S/C18H25ClN2O3S/c19-17-8-4-1-5-15(17)13-25(23,24)21-11-9-14(10-12-21)18(22)20-16-6-2-3-7-16/h1,4-5,8,14,16H,2-3,6-7,9-13H2,(H,20,22). The monoisotopic (exact) mass is 384 g/mol. The molecule has 0 unspecified atom stereocenters. The number of piperidine rings is 1. The number of hydrogen-bond donors (Lipinski definition) is 1. The largest absolute Gasteiger partial charge is 0.353 e. The maximum atomic E-state index is 12.6. The van der Waals surface area contributed by atoms with E-state index in [4.69, 9.17) is 11.6 Å². The van der Waals surface area contributed by atoms with E-state index in [1.807, 2.05) is 0 Å². The summed E-state index contributed by atoms with van der Waals surface area (Å²) in [6.45, 7) is 0.797. The molecule has 3 rings (SSSR count). The molecule has 1 aromatic rings. The van der Waals surface area contributed by atoms with Gasteiger partial charge in [-0.05, 0) is 37.3 Å². The van der Waals surface area contributed by atoms with Crippen LogP contribution < -0.4 is 5.32 Å². The van der Waals surface area contributed by atoms with E-state index < -0.39 is 10.0 Å². The van der Waals surface area contributed by atoms with Gasteiger partial charge in [-0.25, -0.2) is 12.7 Å². The Bertz CT molecular complexity index is 709. The van der Waals surface area contributed by atoms with Crippen LogP contribution in [0.4, 0.5) is 0 Å². The zero-order valence-corrected chi connectivity index (χ0v) is 15.9. The molecule has 1 N–H and O–H groups in total. The van der Waals surface area contributed by atoms with Crippen molar-refractivity contribution in [2.24, 2.45) is 5.92 Å². The minimum absolute atomic E-state index is 0.0765. The Morgan fingerprint density at radius 3 is 2.40 bits per heavy atom.